The summed E-state index contributed by atoms with van der Waals surface area (Å²) >= 11 is 0. The molecule has 1 heterocycles. The minimum Gasteiger partial charge on any atom is -0.478 e. The fourth-order valence-corrected chi connectivity index (χ4v) is 6.32. The molecule has 4 rings (SSSR count). The molecular formula is C26H36FN3O4. The SMILES string of the molecule is NCC1CCC(C(=O)N2CC[C@@H](C3CCCCC3)[C@H]2C(=O)Nc2ccc(C(=O)O)c(F)c2)CC1. The van der Waals surface area contributed by atoms with Gasteiger partial charge in [0.05, 0.1) is 5.56 Å². The highest BCUT2D eigenvalue weighted by Gasteiger charge is 2.46. The average molecular weight is 474 g/mol. The second kappa shape index (κ2) is 10.8. The zero-order valence-electron chi connectivity index (χ0n) is 19.7. The van der Waals surface area contributed by atoms with Crippen molar-refractivity contribution in [2.75, 3.05) is 18.4 Å². The second-order valence-electron chi connectivity index (χ2n) is 10.3. The van der Waals surface area contributed by atoms with Crippen molar-refractivity contribution >= 4 is 23.5 Å². The number of hydrogen-bond donors (Lipinski definition) is 3. The number of aromatic carboxylic acids is 1. The number of carbonyl (C=O) groups excluding carboxylic acids is 2. The maximum Gasteiger partial charge on any atom is 0.338 e. The number of benzene rings is 1. The normalized spacial score (nSPS) is 28.0. The van der Waals surface area contributed by atoms with E-state index in [0.717, 1.165) is 69.9 Å². The predicted octanol–water partition coefficient (Wildman–Crippen LogP) is 4.02. The van der Waals surface area contributed by atoms with Crippen LogP contribution in [0.4, 0.5) is 10.1 Å². The molecule has 186 valence electrons. The molecule has 7 nitrogen and oxygen atoms in total. The first-order valence-electron chi connectivity index (χ1n) is 12.7. The standard InChI is InChI=1S/C26H36FN3O4/c27-22-14-19(10-11-21(22)26(33)34)29-24(31)23-20(17-4-2-1-3-5-17)12-13-30(23)25(32)18-8-6-16(15-28)7-9-18/h10-11,14,16-18,20,23H,1-9,12-13,15,28H2,(H,29,31)(H,33,34)/t16?,18?,20-,23-/m0/s1. The number of nitrogens with zero attached hydrogens (tertiary/aromatic N) is 1. The number of likely N-dealkylation sites (tertiary alicyclic amines) is 1. The summed E-state index contributed by atoms with van der Waals surface area (Å²) in [5.41, 5.74) is 5.58. The first-order chi connectivity index (χ1) is 16.4. The number of nitrogens with one attached hydrogen (secondary N) is 1. The van der Waals surface area contributed by atoms with Crippen LogP contribution in [0.1, 0.15) is 74.6 Å². The van der Waals surface area contributed by atoms with Crippen molar-refractivity contribution in [1.29, 1.82) is 0 Å². The summed E-state index contributed by atoms with van der Waals surface area (Å²) in [6, 6.07) is 3.01. The van der Waals surface area contributed by atoms with Gasteiger partial charge in [-0.15, -0.1) is 0 Å². The number of carboxylic acid groups (broad SMARTS) is 1. The number of carbonyl (C=O) groups is 3. The summed E-state index contributed by atoms with van der Waals surface area (Å²) in [6.07, 6.45) is 9.95. The number of anilines is 1. The van der Waals surface area contributed by atoms with Crippen LogP contribution in [0, 0.1) is 29.5 Å². The van der Waals surface area contributed by atoms with Gasteiger partial charge >= 0.3 is 5.97 Å². The zero-order chi connectivity index (χ0) is 24.2. The summed E-state index contributed by atoms with van der Waals surface area (Å²) in [5, 5.41) is 11.8. The van der Waals surface area contributed by atoms with E-state index in [-0.39, 0.29) is 29.3 Å². The van der Waals surface area contributed by atoms with E-state index in [9.17, 15) is 18.8 Å². The second-order valence-corrected chi connectivity index (χ2v) is 10.3. The first-order valence-corrected chi connectivity index (χ1v) is 12.7. The number of halogens is 1. The third kappa shape index (κ3) is 5.27. The summed E-state index contributed by atoms with van der Waals surface area (Å²) < 4.78 is 14.2. The minimum absolute atomic E-state index is 0.0568. The van der Waals surface area contributed by atoms with Crippen LogP contribution in [-0.4, -0.2) is 46.9 Å². The molecule has 2 saturated carbocycles. The molecule has 1 saturated heterocycles. The average Bonchev–Trinajstić information content (AvgIpc) is 3.29. The van der Waals surface area contributed by atoms with E-state index in [0.29, 0.717) is 24.9 Å². The summed E-state index contributed by atoms with van der Waals surface area (Å²) in [5.74, 6) is -1.61. The van der Waals surface area contributed by atoms with Gasteiger partial charge in [-0.25, -0.2) is 9.18 Å². The molecule has 0 unspecified atom stereocenters. The molecule has 8 heteroatoms. The summed E-state index contributed by atoms with van der Waals surface area (Å²) in [7, 11) is 0. The molecule has 2 aliphatic carbocycles. The molecule has 0 spiro atoms. The van der Waals surface area contributed by atoms with E-state index < -0.39 is 23.4 Å². The maximum atomic E-state index is 14.2. The van der Waals surface area contributed by atoms with Gasteiger partial charge in [0.2, 0.25) is 11.8 Å². The molecule has 3 aliphatic rings. The summed E-state index contributed by atoms with van der Waals surface area (Å²) in [4.78, 5) is 40.0. The fraction of sp³-hybridized carbons (Fsp3) is 0.654. The first kappa shape index (κ1) is 24.6. The molecule has 2 amide bonds. The van der Waals surface area contributed by atoms with Crippen LogP contribution in [0.3, 0.4) is 0 Å². The lowest BCUT2D eigenvalue weighted by molar-refractivity contribution is -0.142. The number of carboxylic acids is 1. The lowest BCUT2D eigenvalue weighted by atomic mass is 9.76. The molecule has 0 aromatic heterocycles. The lowest BCUT2D eigenvalue weighted by Crippen LogP contribution is -2.49. The molecule has 1 aliphatic heterocycles. The van der Waals surface area contributed by atoms with E-state index in [1.807, 2.05) is 0 Å². The predicted molar refractivity (Wildman–Crippen MR) is 127 cm³/mol. The van der Waals surface area contributed by atoms with Gasteiger partial charge in [-0.05, 0) is 74.6 Å². The lowest BCUT2D eigenvalue weighted by Gasteiger charge is -2.36. The van der Waals surface area contributed by atoms with E-state index in [4.69, 9.17) is 10.8 Å². The molecule has 1 aromatic rings. The topological polar surface area (TPSA) is 113 Å². The largest absolute Gasteiger partial charge is 0.478 e. The third-order valence-corrected chi connectivity index (χ3v) is 8.25. The van der Waals surface area contributed by atoms with Crippen molar-refractivity contribution in [1.82, 2.24) is 4.90 Å². The molecular weight excluding hydrogens is 437 g/mol. The molecule has 2 atom stereocenters. The van der Waals surface area contributed by atoms with Crippen molar-refractivity contribution in [3.63, 3.8) is 0 Å². The molecule has 0 radical (unpaired) electrons. The van der Waals surface area contributed by atoms with Crippen LogP contribution in [0.15, 0.2) is 18.2 Å². The van der Waals surface area contributed by atoms with Crippen LogP contribution >= 0.6 is 0 Å². The Bertz CT molecular complexity index is 909. The molecule has 4 N–H and O–H groups in total. The number of nitrogens with two attached hydrogens (primary N) is 1. The van der Waals surface area contributed by atoms with Gasteiger partial charge in [-0.2, -0.15) is 0 Å². The summed E-state index contributed by atoms with van der Waals surface area (Å²) in [6.45, 7) is 1.22. The molecule has 3 fully saturated rings. The van der Waals surface area contributed by atoms with Crippen molar-refractivity contribution in [3.8, 4) is 0 Å². The Morgan fingerprint density at radius 1 is 1.03 bits per heavy atom. The van der Waals surface area contributed by atoms with Gasteiger partial charge in [0.15, 0.2) is 0 Å². The van der Waals surface area contributed by atoms with Crippen LogP contribution in [0.5, 0.6) is 0 Å². The number of hydrogen-bond acceptors (Lipinski definition) is 4. The van der Waals surface area contributed by atoms with Gasteiger partial charge in [0, 0.05) is 18.2 Å². The number of amides is 2. The van der Waals surface area contributed by atoms with Crippen LogP contribution < -0.4 is 11.1 Å². The van der Waals surface area contributed by atoms with E-state index >= 15 is 0 Å². The Hall–Kier alpha value is -2.48. The fourth-order valence-electron chi connectivity index (χ4n) is 6.32. The van der Waals surface area contributed by atoms with Crippen molar-refractivity contribution in [2.24, 2.45) is 29.4 Å². The van der Waals surface area contributed by atoms with E-state index in [2.05, 4.69) is 5.32 Å². The van der Waals surface area contributed by atoms with Crippen molar-refractivity contribution < 1.29 is 23.9 Å². The quantitative estimate of drug-likeness (QED) is 0.578. The highest BCUT2D eigenvalue weighted by molar-refractivity contribution is 5.98. The highest BCUT2D eigenvalue weighted by Crippen LogP contribution is 2.41. The third-order valence-electron chi connectivity index (χ3n) is 8.25. The van der Waals surface area contributed by atoms with Crippen LogP contribution in [0.25, 0.3) is 0 Å². The van der Waals surface area contributed by atoms with E-state index in [1.54, 1.807) is 4.90 Å². The van der Waals surface area contributed by atoms with Gasteiger partial charge in [0.1, 0.15) is 11.9 Å². The van der Waals surface area contributed by atoms with Gasteiger partial charge in [-0.3, -0.25) is 9.59 Å². The smallest absolute Gasteiger partial charge is 0.338 e. The highest BCUT2D eigenvalue weighted by atomic mass is 19.1. The zero-order valence-corrected chi connectivity index (χ0v) is 19.7. The van der Waals surface area contributed by atoms with Gasteiger partial charge in [-0.1, -0.05) is 32.1 Å². The molecule has 1 aromatic carbocycles. The Labute approximate surface area is 200 Å². The van der Waals surface area contributed by atoms with Crippen LogP contribution in [0.2, 0.25) is 0 Å². The Morgan fingerprint density at radius 3 is 2.35 bits per heavy atom. The minimum atomic E-state index is -1.36. The van der Waals surface area contributed by atoms with Crippen molar-refractivity contribution in [2.45, 2.75) is 70.3 Å². The Kier molecular flexibility index (Phi) is 7.86. The Balaban J connectivity index is 1.53. The molecule has 34 heavy (non-hydrogen) atoms. The van der Waals surface area contributed by atoms with Crippen LogP contribution in [-0.2, 0) is 9.59 Å². The molecule has 0 bridgehead atoms. The van der Waals surface area contributed by atoms with E-state index in [1.165, 1.54) is 12.5 Å². The van der Waals surface area contributed by atoms with Crippen molar-refractivity contribution in [3.05, 3.63) is 29.6 Å². The Morgan fingerprint density at radius 2 is 1.74 bits per heavy atom. The van der Waals surface area contributed by atoms with Gasteiger partial charge in [0.25, 0.3) is 0 Å². The number of rotatable bonds is 6. The maximum absolute atomic E-state index is 14.2. The van der Waals surface area contributed by atoms with Gasteiger partial charge < -0.3 is 21.1 Å². The monoisotopic (exact) mass is 473 g/mol.